The molecular weight excluding hydrogens is 214 g/mol. The van der Waals surface area contributed by atoms with Crippen LogP contribution in [0, 0.1) is 23.7 Å². The van der Waals surface area contributed by atoms with Crippen molar-refractivity contribution in [3.63, 3.8) is 0 Å². The Kier molecular flexibility index (Phi) is 2.36. The molecule has 94 valence electrons. The number of amides is 1. The maximum atomic E-state index is 12.0. The van der Waals surface area contributed by atoms with Crippen LogP contribution in [0.5, 0.6) is 0 Å². The maximum absolute atomic E-state index is 12.0. The van der Waals surface area contributed by atoms with Crippen LogP contribution in [0.4, 0.5) is 0 Å². The van der Waals surface area contributed by atoms with E-state index in [0.717, 1.165) is 24.7 Å². The highest BCUT2D eigenvalue weighted by molar-refractivity contribution is 5.82. The third-order valence-corrected chi connectivity index (χ3v) is 5.17. The number of Topliss-reactive ketones (excluding diaryl/α,β-unsaturated/α-hetero) is 1. The first-order chi connectivity index (χ1) is 8.00. The van der Waals surface area contributed by atoms with E-state index in [0.29, 0.717) is 5.92 Å². The second-order valence-electron chi connectivity index (χ2n) is 6.53. The minimum absolute atomic E-state index is 0.0261. The van der Waals surface area contributed by atoms with Crippen LogP contribution in [0.25, 0.3) is 0 Å². The Bertz CT molecular complexity index is 362. The van der Waals surface area contributed by atoms with E-state index in [4.69, 9.17) is 0 Å². The standard InChI is InChI=1S/C14H21NO2/c1-8(16)13-12-4-10-3-11(5-12)7-14(13,6-10)15-9(2)17/h10-13H,3-7H2,1-2H3,(H,15,17). The average Bonchev–Trinajstić information content (AvgIpc) is 2.11. The summed E-state index contributed by atoms with van der Waals surface area (Å²) in [6, 6.07) is 0. The molecule has 4 saturated carbocycles. The summed E-state index contributed by atoms with van der Waals surface area (Å²) >= 11 is 0. The molecule has 1 N–H and O–H groups in total. The lowest BCUT2D eigenvalue weighted by Crippen LogP contribution is -2.66. The molecule has 0 heterocycles. The van der Waals surface area contributed by atoms with Gasteiger partial charge in [0.1, 0.15) is 5.78 Å². The molecule has 0 spiro atoms. The molecule has 4 rings (SSSR count). The molecular formula is C14H21NO2. The summed E-state index contributed by atoms with van der Waals surface area (Å²) in [5.41, 5.74) is -0.188. The molecule has 0 aromatic rings. The minimum Gasteiger partial charge on any atom is -0.350 e. The predicted molar refractivity (Wildman–Crippen MR) is 64.3 cm³/mol. The first kappa shape index (κ1) is 11.2. The number of hydrogen-bond donors (Lipinski definition) is 1. The highest BCUT2D eigenvalue weighted by Gasteiger charge is 2.58. The molecule has 0 radical (unpaired) electrons. The molecule has 3 nitrogen and oxygen atoms in total. The lowest BCUT2D eigenvalue weighted by molar-refractivity contribution is -0.143. The lowest BCUT2D eigenvalue weighted by atomic mass is 9.47. The Morgan fingerprint density at radius 1 is 1.06 bits per heavy atom. The van der Waals surface area contributed by atoms with Crippen LogP contribution in [0.2, 0.25) is 0 Å². The highest BCUT2D eigenvalue weighted by atomic mass is 16.1. The van der Waals surface area contributed by atoms with Gasteiger partial charge in [0.15, 0.2) is 0 Å². The first-order valence-corrected chi connectivity index (χ1v) is 6.79. The Morgan fingerprint density at radius 2 is 1.65 bits per heavy atom. The summed E-state index contributed by atoms with van der Waals surface area (Å²) in [4.78, 5) is 23.4. The molecule has 1 amide bonds. The van der Waals surface area contributed by atoms with Gasteiger partial charge < -0.3 is 5.32 Å². The van der Waals surface area contributed by atoms with Crippen LogP contribution in [0.1, 0.15) is 46.0 Å². The number of carbonyl (C=O) groups is 2. The van der Waals surface area contributed by atoms with Crippen LogP contribution in [0.3, 0.4) is 0 Å². The Labute approximate surface area is 102 Å². The maximum Gasteiger partial charge on any atom is 0.217 e. The smallest absolute Gasteiger partial charge is 0.217 e. The van der Waals surface area contributed by atoms with Crippen molar-refractivity contribution in [1.82, 2.24) is 5.32 Å². The van der Waals surface area contributed by atoms with Crippen LogP contribution in [-0.2, 0) is 9.59 Å². The fourth-order valence-electron chi connectivity index (χ4n) is 5.29. The Hall–Kier alpha value is -0.860. The summed E-state index contributed by atoms with van der Waals surface area (Å²) in [6.45, 7) is 3.28. The van der Waals surface area contributed by atoms with E-state index in [2.05, 4.69) is 5.32 Å². The summed E-state index contributed by atoms with van der Waals surface area (Å²) in [5.74, 6) is 2.41. The number of carbonyl (C=O) groups excluding carboxylic acids is 2. The van der Waals surface area contributed by atoms with E-state index in [9.17, 15) is 9.59 Å². The summed E-state index contributed by atoms with van der Waals surface area (Å²) in [5, 5.41) is 3.16. The lowest BCUT2D eigenvalue weighted by Gasteiger charge is -2.60. The zero-order valence-corrected chi connectivity index (χ0v) is 10.7. The van der Waals surface area contributed by atoms with Crippen molar-refractivity contribution in [3.05, 3.63) is 0 Å². The summed E-state index contributed by atoms with van der Waals surface area (Å²) < 4.78 is 0. The second-order valence-corrected chi connectivity index (χ2v) is 6.53. The van der Waals surface area contributed by atoms with Gasteiger partial charge in [0.05, 0.1) is 5.54 Å². The van der Waals surface area contributed by atoms with E-state index < -0.39 is 0 Å². The normalized spacial score (nSPS) is 46.9. The monoisotopic (exact) mass is 235 g/mol. The molecule has 4 aliphatic rings. The van der Waals surface area contributed by atoms with Gasteiger partial charge in [-0.15, -0.1) is 0 Å². The van der Waals surface area contributed by atoms with Gasteiger partial charge in [-0.3, -0.25) is 9.59 Å². The Morgan fingerprint density at radius 3 is 2.12 bits per heavy atom. The quantitative estimate of drug-likeness (QED) is 0.794. The zero-order chi connectivity index (χ0) is 12.2. The van der Waals surface area contributed by atoms with Crippen molar-refractivity contribution < 1.29 is 9.59 Å². The molecule has 3 heteroatoms. The van der Waals surface area contributed by atoms with Gasteiger partial charge in [0.25, 0.3) is 0 Å². The van der Waals surface area contributed by atoms with E-state index in [1.807, 2.05) is 0 Å². The largest absolute Gasteiger partial charge is 0.350 e. The van der Waals surface area contributed by atoms with Crippen LogP contribution in [-0.4, -0.2) is 17.2 Å². The van der Waals surface area contributed by atoms with Gasteiger partial charge in [-0.05, 0) is 56.8 Å². The number of ketones is 1. The molecule has 4 bridgehead atoms. The first-order valence-electron chi connectivity index (χ1n) is 6.79. The Balaban J connectivity index is 1.97. The van der Waals surface area contributed by atoms with Crippen LogP contribution >= 0.6 is 0 Å². The van der Waals surface area contributed by atoms with E-state index in [1.165, 1.54) is 19.3 Å². The fourth-order valence-corrected chi connectivity index (χ4v) is 5.29. The molecule has 0 aromatic carbocycles. The van der Waals surface area contributed by atoms with Gasteiger partial charge in [-0.25, -0.2) is 0 Å². The number of rotatable bonds is 2. The molecule has 4 aliphatic carbocycles. The topological polar surface area (TPSA) is 46.2 Å². The fraction of sp³-hybridized carbons (Fsp3) is 0.857. The van der Waals surface area contributed by atoms with Crippen LogP contribution < -0.4 is 5.32 Å². The van der Waals surface area contributed by atoms with Crippen molar-refractivity contribution in [2.75, 3.05) is 0 Å². The van der Waals surface area contributed by atoms with E-state index >= 15 is 0 Å². The SMILES string of the molecule is CC(=O)NC12CC3CC(CC(C3)C1C(C)=O)C2. The molecule has 0 aliphatic heterocycles. The van der Waals surface area contributed by atoms with Crippen LogP contribution in [0.15, 0.2) is 0 Å². The van der Waals surface area contributed by atoms with Crippen molar-refractivity contribution in [3.8, 4) is 0 Å². The van der Waals surface area contributed by atoms with Gasteiger partial charge in [-0.2, -0.15) is 0 Å². The third kappa shape index (κ3) is 1.62. The highest BCUT2D eigenvalue weighted by Crippen LogP contribution is 2.58. The van der Waals surface area contributed by atoms with Gasteiger partial charge >= 0.3 is 0 Å². The van der Waals surface area contributed by atoms with E-state index in [-0.39, 0.29) is 23.1 Å². The molecule has 3 unspecified atom stereocenters. The molecule has 4 fully saturated rings. The van der Waals surface area contributed by atoms with Crippen molar-refractivity contribution in [2.24, 2.45) is 23.7 Å². The summed E-state index contributed by atoms with van der Waals surface area (Å²) in [7, 11) is 0. The minimum atomic E-state index is -0.188. The van der Waals surface area contributed by atoms with Gasteiger partial charge in [-0.1, -0.05) is 0 Å². The van der Waals surface area contributed by atoms with Crippen molar-refractivity contribution in [1.29, 1.82) is 0 Å². The third-order valence-electron chi connectivity index (χ3n) is 5.17. The molecule has 3 atom stereocenters. The van der Waals surface area contributed by atoms with E-state index in [1.54, 1.807) is 13.8 Å². The van der Waals surface area contributed by atoms with Gasteiger partial charge in [0.2, 0.25) is 5.91 Å². The van der Waals surface area contributed by atoms with Gasteiger partial charge in [0, 0.05) is 12.8 Å². The molecule has 0 aromatic heterocycles. The number of nitrogens with one attached hydrogen (secondary N) is 1. The van der Waals surface area contributed by atoms with Crippen molar-refractivity contribution in [2.45, 2.75) is 51.5 Å². The summed E-state index contributed by atoms with van der Waals surface area (Å²) in [6.07, 6.45) is 5.81. The zero-order valence-electron chi connectivity index (χ0n) is 10.7. The predicted octanol–water partition coefficient (Wildman–Crippen LogP) is 1.91. The number of hydrogen-bond acceptors (Lipinski definition) is 2. The van der Waals surface area contributed by atoms with Crippen molar-refractivity contribution >= 4 is 11.7 Å². The second kappa shape index (κ2) is 3.56. The molecule has 0 saturated heterocycles. The average molecular weight is 235 g/mol. The molecule has 17 heavy (non-hydrogen) atoms.